The second-order valence-corrected chi connectivity index (χ2v) is 7.89. The lowest BCUT2D eigenvalue weighted by Gasteiger charge is -2.46. The van der Waals surface area contributed by atoms with E-state index < -0.39 is 0 Å². The molecule has 25 heavy (non-hydrogen) atoms. The molecule has 0 atom stereocenters. The number of benzene rings is 1. The molecule has 0 radical (unpaired) electrons. The summed E-state index contributed by atoms with van der Waals surface area (Å²) in [5, 5.41) is 2.20. The third kappa shape index (κ3) is 3.58. The lowest BCUT2D eigenvalue weighted by atomic mass is 10.0. The number of thiophene rings is 1. The molecule has 1 fully saturated rings. The third-order valence-corrected chi connectivity index (χ3v) is 6.38. The predicted octanol–water partition coefficient (Wildman–Crippen LogP) is 2.96. The zero-order valence-electron chi connectivity index (χ0n) is 14.6. The molecule has 1 aromatic carbocycles. The van der Waals surface area contributed by atoms with E-state index in [0.29, 0.717) is 12.5 Å². The van der Waals surface area contributed by atoms with Crippen molar-refractivity contribution in [3.63, 3.8) is 0 Å². The van der Waals surface area contributed by atoms with Crippen molar-refractivity contribution in [2.24, 2.45) is 0 Å². The van der Waals surface area contributed by atoms with Gasteiger partial charge >= 0.3 is 0 Å². The molecule has 5 heteroatoms. The Hall–Kier alpha value is -1.85. The largest absolute Gasteiger partial charge is 0.497 e. The first-order valence-corrected chi connectivity index (χ1v) is 9.81. The molecule has 0 unspecified atom stereocenters. The first kappa shape index (κ1) is 16.6. The number of hydrogen-bond acceptors (Lipinski definition) is 4. The highest BCUT2D eigenvalue weighted by Gasteiger charge is 2.35. The molecular formula is C20H24N2O2S. The maximum atomic E-state index is 12.4. The Morgan fingerprint density at radius 3 is 2.80 bits per heavy atom. The smallest absolute Gasteiger partial charge is 0.223 e. The van der Waals surface area contributed by atoms with Crippen molar-refractivity contribution in [3.8, 4) is 5.75 Å². The van der Waals surface area contributed by atoms with E-state index in [9.17, 15) is 4.79 Å². The molecule has 1 aromatic heterocycles. The number of hydrogen-bond donors (Lipinski definition) is 0. The summed E-state index contributed by atoms with van der Waals surface area (Å²) in [6, 6.07) is 10.8. The zero-order chi connectivity index (χ0) is 17.2. The van der Waals surface area contributed by atoms with Gasteiger partial charge in [0.2, 0.25) is 5.91 Å². The van der Waals surface area contributed by atoms with E-state index in [-0.39, 0.29) is 5.91 Å². The van der Waals surface area contributed by atoms with E-state index in [0.717, 1.165) is 44.8 Å². The summed E-state index contributed by atoms with van der Waals surface area (Å²) in [6.45, 7) is 3.96. The minimum absolute atomic E-state index is 0.278. The van der Waals surface area contributed by atoms with Crippen molar-refractivity contribution >= 4 is 17.2 Å². The van der Waals surface area contributed by atoms with E-state index in [1.807, 2.05) is 40.5 Å². The van der Waals surface area contributed by atoms with Crippen LogP contribution in [-0.4, -0.2) is 48.5 Å². The number of rotatable bonds is 5. The van der Waals surface area contributed by atoms with Crippen molar-refractivity contribution in [2.45, 2.75) is 31.8 Å². The van der Waals surface area contributed by atoms with Crippen LogP contribution in [0.3, 0.4) is 0 Å². The molecule has 0 N–H and O–H groups in total. The maximum absolute atomic E-state index is 12.4. The van der Waals surface area contributed by atoms with Crippen LogP contribution in [0.1, 0.15) is 22.4 Å². The average molecular weight is 356 g/mol. The van der Waals surface area contributed by atoms with Crippen LogP contribution in [0.4, 0.5) is 0 Å². The highest BCUT2D eigenvalue weighted by atomic mass is 32.1. The zero-order valence-corrected chi connectivity index (χ0v) is 15.4. The number of likely N-dealkylation sites (tertiary alicyclic amines) is 1. The minimum Gasteiger partial charge on any atom is -0.497 e. The fraction of sp³-hybridized carbons (Fsp3) is 0.450. The molecular weight excluding hydrogens is 332 g/mol. The Bertz CT molecular complexity index is 734. The van der Waals surface area contributed by atoms with Gasteiger partial charge in [0.15, 0.2) is 0 Å². The lowest BCUT2D eigenvalue weighted by Crippen LogP contribution is -2.61. The fourth-order valence-corrected chi connectivity index (χ4v) is 4.56. The number of carbonyl (C=O) groups excluding carboxylic acids is 1. The highest BCUT2D eigenvalue weighted by molar-refractivity contribution is 7.10. The van der Waals surface area contributed by atoms with Crippen LogP contribution < -0.4 is 4.74 Å². The van der Waals surface area contributed by atoms with Gasteiger partial charge in [0.1, 0.15) is 5.75 Å². The molecule has 2 aliphatic heterocycles. The Morgan fingerprint density at radius 2 is 2.04 bits per heavy atom. The van der Waals surface area contributed by atoms with Gasteiger partial charge in [0.25, 0.3) is 0 Å². The normalized spacial score (nSPS) is 17.9. The van der Waals surface area contributed by atoms with Gasteiger partial charge in [-0.1, -0.05) is 12.1 Å². The molecule has 3 heterocycles. The van der Waals surface area contributed by atoms with Gasteiger partial charge in [-0.3, -0.25) is 9.69 Å². The van der Waals surface area contributed by atoms with E-state index in [4.69, 9.17) is 4.74 Å². The number of methoxy groups -OCH3 is 1. The molecule has 0 aliphatic carbocycles. The van der Waals surface area contributed by atoms with Crippen LogP contribution in [-0.2, 0) is 24.2 Å². The molecule has 1 amide bonds. The quantitative estimate of drug-likeness (QED) is 0.826. The van der Waals surface area contributed by atoms with Crippen molar-refractivity contribution in [1.29, 1.82) is 0 Å². The highest BCUT2D eigenvalue weighted by Crippen LogP contribution is 2.28. The van der Waals surface area contributed by atoms with E-state index in [1.54, 1.807) is 12.0 Å². The van der Waals surface area contributed by atoms with E-state index in [2.05, 4.69) is 16.3 Å². The molecule has 4 nitrogen and oxygen atoms in total. The molecule has 0 spiro atoms. The summed E-state index contributed by atoms with van der Waals surface area (Å²) in [5.74, 6) is 1.14. The van der Waals surface area contributed by atoms with Gasteiger partial charge in [0, 0.05) is 43.5 Å². The summed E-state index contributed by atoms with van der Waals surface area (Å²) >= 11 is 1.88. The first-order chi connectivity index (χ1) is 12.2. The molecule has 1 saturated heterocycles. The van der Waals surface area contributed by atoms with Crippen LogP contribution in [0.15, 0.2) is 35.7 Å². The van der Waals surface area contributed by atoms with Crippen LogP contribution in [0, 0.1) is 0 Å². The monoisotopic (exact) mass is 356 g/mol. The van der Waals surface area contributed by atoms with Gasteiger partial charge in [0.05, 0.1) is 7.11 Å². The summed E-state index contributed by atoms with van der Waals surface area (Å²) in [7, 11) is 1.67. The number of fused-ring (bicyclic) bond motifs is 1. The summed E-state index contributed by atoms with van der Waals surface area (Å²) in [5.41, 5.74) is 2.67. The summed E-state index contributed by atoms with van der Waals surface area (Å²) < 4.78 is 5.17. The van der Waals surface area contributed by atoms with E-state index >= 15 is 0 Å². The molecule has 2 aliphatic rings. The lowest BCUT2D eigenvalue weighted by molar-refractivity contribution is -0.138. The molecule has 132 valence electrons. The van der Waals surface area contributed by atoms with Gasteiger partial charge in [-0.2, -0.15) is 0 Å². The number of carbonyl (C=O) groups is 1. The van der Waals surface area contributed by atoms with Crippen molar-refractivity contribution in [3.05, 3.63) is 51.7 Å². The van der Waals surface area contributed by atoms with Crippen molar-refractivity contribution in [2.75, 3.05) is 26.7 Å². The number of nitrogens with zero attached hydrogens (tertiary/aromatic N) is 2. The SMILES string of the molecule is COc1ccc(CCC(=O)N2CC(N3CCc4sccc4C3)C2)cc1. The predicted molar refractivity (Wildman–Crippen MR) is 100 cm³/mol. The van der Waals surface area contributed by atoms with Gasteiger partial charge < -0.3 is 9.64 Å². The number of amides is 1. The summed E-state index contributed by atoms with van der Waals surface area (Å²) in [4.78, 5) is 18.5. The Balaban J connectivity index is 1.23. The number of ether oxygens (including phenoxy) is 1. The van der Waals surface area contributed by atoms with Crippen molar-refractivity contribution in [1.82, 2.24) is 9.80 Å². The topological polar surface area (TPSA) is 32.8 Å². The standard InChI is InChI=1S/C20H24N2O2S/c1-24-18-5-2-15(3-6-18)4-7-20(23)22-13-17(14-22)21-10-8-19-16(12-21)9-11-25-19/h2-3,5-6,9,11,17H,4,7-8,10,12-14H2,1H3. The second-order valence-electron chi connectivity index (χ2n) is 6.89. The Kier molecular flexibility index (Phi) is 4.77. The third-order valence-electron chi connectivity index (χ3n) is 5.36. The van der Waals surface area contributed by atoms with Crippen LogP contribution in [0.5, 0.6) is 5.75 Å². The minimum atomic E-state index is 0.278. The van der Waals surface area contributed by atoms with Crippen LogP contribution in [0.25, 0.3) is 0 Å². The molecule has 0 saturated carbocycles. The molecule has 0 bridgehead atoms. The maximum Gasteiger partial charge on any atom is 0.223 e. The van der Waals surface area contributed by atoms with Gasteiger partial charge in [-0.05, 0) is 47.5 Å². The Labute approximate surface area is 153 Å². The Morgan fingerprint density at radius 1 is 1.24 bits per heavy atom. The number of aryl methyl sites for hydroxylation is 1. The van der Waals surface area contributed by atoms with Gasteiger partial charge in [-0.15, -0.1) is 11.3 Å². The van der Waals surface area contributed by atoms with Crippen LogP contribution in [0.2, 0.25) is 0 Å². The fourth-order valence-electron chi connectivity index (χ4n) is 3.67. The van der Waals surface area contributed by atoms with Crippen molar-refractivity contribution < 1.29 is 9.53 Å². The second kappa shape index (κ2) is 7.18. The average Bonchev–Trinajstić information content (AvgIpc) is 3.07. The molecule has 2 aromatic rings. The first-order valence-electron chi connectivity index (χ1n) is 8.93. The van der Waals surface area contributed by atoms with E-state index in [1.165, 1.54) is 11.1 Å². The van der Waals surface area contributed by atoms with Gasteiger partial charge in [-0.25, -0.2) is 0 Å². The molecule has 4 rings (SSSR count). The summed E-state index contributed by atoms with van der Waals surface area (Å²) in [6.07, 6.45) is 2.55. The van der Waals surface area contributed by atoms with Crippen LogP contribution >= 0.6 is 11.3 Å².